The molecule has 3 heteroatoms. The van der Waals surface area contributed by atoms with Gasteiger partial charge >= 0.3 is 0 Å². The van der Waals surface area contributed by atoms with E-state index in [0.717, 1.165) is 30.4 Å². The van der Waals surface area contributed by atoms with Crippen molar-refractivity contribution in [3.05, 3.63) is 29.3 Å². The van der Waals surface area contributed by atoms with E-state index in [0.29, 0.717) is 11.6 Å². The molecule has 1 saturated carbocycles. The van der Waals surface area contributed by atoms with Crippen molar-refractivity contribution in [1.82, 2.24) is 5.32 Å². The number of hydrogen-bond acceptors (Lipinski definition) is 3. The fourth-order valence-corrected chi connectivity index (χ4v) is 2.19. The van der Waals surface area contributed by atoms with Gasteiger partial charge in [-0.25, -0.2) is 0 Å². The Hall–Kier alpha value is -1.53. The van der Waals surface area contributed by atoms with Crippen LogP contribution in [0, 0.1) is 17.2 Å². The van der Waals surface area contributed by atoms with Gasteiger partial charge in [0, 0.05) is 18.2 Å². The van der Waals surface area contributed by atoms with Crippen LogP contribution in [-0.4, -0.2) is 12.6 Å². The van der Waals surface area contributed by atoms with Gasteiger partial charge < -0.3 is 10.1 Å². The predicted molar refractivity (Wildman–Crippen MR) is 60.0 cm³/mol. The summed E-state index contributed by atoms with van der Waals surface area (Å²) < 4.78 is 5.79. The zero-order chi connectivity index (χ0) is 11.0. The van der Waals surface area contributed by atoms with E-state index in [1.54, 1.807) is 0 Å². The van der Waals surface area contributed by atoms with Gasteiger partial charge in [0.2, 0.25) is 0 Å². The first-order valence-corrected chi connectivity index (χ1v) is 5.76. The van der Waals surface area contributed by atoms with Crippen LogP contribution in [0.25, 0.3) is 0 Å². The summed E-state index contributed by atoms with van der Waals surface area (Å²) in [4.78, 5) is 0. The van der Waals surface area contributed by atoms with E-state index < -0.39 is 0 Å². The molecule has 1 fully saturated rings. The van der Waals surface area contributed by atoms with Gasteiger partial charge in [-0.05, 0) is 30.9 Å². The molecule has 0 radical (unpaired) electrons. The molecule has 1 heterocycles. The number of nitrogens with zero attached hydrogens (tertiary/aromatic N) is 1. The Morgan fingerprint density at radius 2 is 2.25 bits per heavy atom. The Balaban J connectivity index is 1.82. The average molecular weight is 214 g/mol. The molecule has 1 aliphatic heterocycles. The van der Waals surface area contributed by atoms with E-state index in [1.807, 2.05) is 18.2 Å². The molecule has 1 aromatic rings. The number of benzene rings is 1. The zero-order valence-electron chi connectivity index (χ0n) is 9.07. The van der Waals surface area contributed by atoms with Gasteiger partial charge in [-0.1, -0.05) is 6.07 Å². The largest absolute Gasteiger partial charge is 0.492 e. The van der Waals surface area contributed by atoms with Gasteiger partial charge in [0.05, 0.1) is 11.6 Å². The fourth-order valence-electron chi connectivity index (χ4n) is 2.19. The maximum absolute atomic E-state index is 8.84. The number of fused-ring (bicyclic) bond motifs is 1. The summed E-state index contributed by atoms with van der Waals surface area (Å²) in [7, 11) is 0. The Kier molecular flexibility index (Phi) is 2.30. The van der Waals surface area contributed by atoms with Crippen LogP contribution >= 0.6 is 0 Å². The molecule has 3 nitrogen and oxygen atoms in total. The summed E-state index contributed by atoms with van der Waals surface area (Å²) in [6.07, 6.45) is 2.64. The van der Waals surface area contributed by atoms with Gasteiger partial charge in [-0.3, -0.25) is 0 Å². The number of hydrogen-bond donors (Lipinski definition) is 1. The number of rotatable bonds is 1. The summed E-state index contributed by atoms with van der Waals surface area (Å²) >= 11 is 0. The first-order valence-electron chi connectivity index (χ1n) is 5.76. The molecule has 1 aliphatic carbocycles. The third kappa shape index (κ3) is 1.77. The fraction of sp³-hybridized carbons (Fsp3) is 0.462. The van der Waals surface area contributed by atoms with Crippen molar-refractivity contribution in [2.75, 3.05) is 6.61 Å². The summed E-state index contributed by atoms with van der Waals surface area (Å²) in [6.45, 7) is 1.58. The Morgan fingerprint density at radius 3 is 3.00 bits per heavy atom. The van der Waals surface area contributed by atoms with Gasteiger partial charge in [0.15, 0.2) is 0 Å². The van der Waals surface area contributed by atoms with E-state index in [1.165, 1.54) is 12.8 Å². The van der Waals surface area contributed by atoms with E-state index in [2.05, 4.69) is 11.4 Å². The molecule has 1 N–H and O–H groups in total. The monoisotopic (exact) mass is 214 g/mol. The van der Waals surface area contributed by atoms with Crippen molar-refractivity contribution in [2.24, 2.45) is 5.92 Å². The van der Waals surface area contributed by atoms with E-state index in [4.69, 9.17) is 10.00 Å². The number of nitriles is 1. The van der Waals surface area contributed by atoms with Crippen LogP contribution in [0.15, 0.2) is 18.2 Å². The second-order valence-corrected chi connectivity index (χ2v) is 4.57. The van der Waals surface area contributed by atoms with E-state index in [9.17, 15) is 0 Å². The second kappa shape index (κ2) is 3.80. The predicted octanol–water partition coefficient (Wildman–Crippen LogP) is 1.82. The van der Waals surface area contributed by atoms with Crippen molar-refractivity contribution in [3.8, 4) is 11.8 Å². The quantitative estimate of drug-likeness (QED) is 0.775. The van der Waals surface area contributed by atoms with Gasteiger partial charge in [-0.15, -0.1) is 0 Å². The molecule has 16 heavy (non-hydrogen) atoms. The highest BCUT2D eigenvalue weighted by Gasteiger charge is 2.32. The van der Waals surface area contributed by atoms with Crippen molar-refractivity contribution >= 4 is 0 Å². The first kappa shape index (κ1) is 9.68. The number of nitrogens with one attached hydrogen (secondary N) is 1. The third-order valence-corrected chi connectivity index (χ3v) is 3.36. The second-order valence-electron chi connectivity index (χ2n) is 4.57. The first-order chi connectivity index (χ1) is 7.86. The van der Waals surface area contributed by atoms with Gasteiger partial charge in [-0.2, -0.15) is 5.26 Å². The normalized spacial score (nSPS) is 23.8. The van der Waals surface area contributed by atoms with Crippen LogP contribution in [-0.2, 0) is 6.54 Å². The molecule has 0 saturated heterocycles. The van der Waals surface area contributed by atoms with Crippen LogP contribution in [0.3, 0.4) is 0 Å². The molecule has 0 bridgehead atoms. The SMILES string of the molecule is N#Cc1ccc2c(c1)OC[C@H](C1CC1)NC2. The Morgan fingerprint density at radius 1 is 1.38 bits per heavy atom. The van der Waals surface area contributed by atoms with Crippen molar-refractivity contribution in [2.45, 2.75) is 25.4 Å². The maximum atomic E-state index is 8.84. The molecule has 3 rings (SSSR count). The topological polar surface area (TPSA) is 45.0 Å². The van der Waals surface area contributed by atoms with Crippen LogP contribution in [0.2, 0.25) is 0 Å². The van der Waals surface area contributed by atoms with Crippen LogP contribution in [0.1, 0.15) is 24.0 Å². The molecule has 82 valence electrons. The van der Waals surface area contributed by atoms with E-state index in [-0.39, 0.29) is 0 Å². The summed E-state index contributed by atoms with van der Waals surface area (Å²) in [5, 5.41) is 12.4. The molecule has 0 unspecified atom stereocenters. The Labute approximate surface area is 95.0 Å². The molecule has 0 aromatic heterocycles. The van der Waals surface area contributed by atoms with Crippen LogP contribution in [0.4, 0.5) is 0 Å². The molecular weight excluding hydrogens is 200 g/mol. The van der Waals surface area contributed by atoms with Crippen LogP contribution in [0.5, 0.6) is 5.75 Å². The standard InChI is InChI=1S/C13H14N2O/c14-6-9-1-2-11-7-15-12(10-3-4-10)8-16-13(11)5-9/h1-2,5,10,12,15H,3-4,7-8H2/t12-/m1/s1. The van der Waals surface area contributed by atoms with Gasteiger partial charge in [0.1, 0.15) is 12.4 Å². The Bertz CT molecular complexity index is 446. The summed E-state index contributed by atoms with van der Waals surface area (Å²) in [6, 6.07) is 8.30. The summed E-state index contributed by atoms with van der Waals surface area (Å²) in [5.41, 5.74) is 1.82. The lowest BCUT2D eigenvalue weighted by Crippen LogP contribution is -2.33. The van der Waals surface area contributed by atoms with Crippen molar-refractivity contribution < 1.29 is 4.74 Å². The molecule has 0 spiro atoms. The minimum Gasteiger partial charge on any atom is -0.492 e. The maximum Gasteiger partial charge on any atom is 0.125 e. The third-order valence-electron chi connectivity index (χ3n) is 3.36. The molecule has 2 aliphatic rings. The zero-order valence-corrected chi connectivity index (χ0v) is 9.07. The van der Waals surface area contributed by atoms with Gasteiger partial charge in [0.25, 0.3) is 0 Å². The minimum atomic E-state index is 0.484. The number of ether oxygens (including phenoxy) is 1. The molecule has 0 amide bonds. The highest BCUT2D eigenvalue weighted by atomic mass is 16.5. The lowest BCUT2D eigenvalue weighted by atomic mass is 10.1. The van der Waals surface area contributed by atoms with Crippen molar-refractivity contribution in [1.29, 1.82) is 5.26 Å². The molecule has 1 atom stereocenters. The van der Waals surface area contributed by atoms with E-state index >= 15 is 0 Å². The smallest absolute Gasteiger partial charge is 0.125 e. The highest BCUT2D eigenvalue weighted by Crippen LogP contribution is 2.34. The average Bonchev–Trinajstić information content (AvgIpc) is 3.13. The minimum absolute atomic E-state index is 0.484. The van der Waals surface area contributed by atoms with Crippen molar-refractivity contribution in [3.63, 3.8) is 0 Å². The molecular formula is C13H14N2O. The molecule has 1 aromatic carbocycles. The lowest BCUT2D eigenvalue weighted by Gasteiger charge is -2.13. The highest BCUT2D eigenvalue weighted by molar-refractivity contribution is 5.43. The lowest BCUT2D eigenvalue weighted by molar-refractivity contribution is 0.263. The van der Waals surface area contributed by atoms with Crippen LogP contribution < -0.4 is 10.1 Å². The summed E-state index contributed by atoms with van der Waals surface area (Å²) in [5.74, 6) is 1.67.